The number of nitrogens with zero attached hydrogens (tertiary/aromatic N) is 2. The van der Waals surface area contributed by atoms with Gasteiger partial charge in [-0.25, -0.2) is 4.98 Å². The van der Waals surface area contributed by atoms with E-state index in [9.17, 15) is 4.79 Å². The zero-order chi connectivity index (χ0) is 15.0. The number of rotatable bonds is 2. The first-order chi connectivity index (χ1) is 9.95. The Bertz CT molecular complexity index is 797. The minimum absolute atomic E-state index is 0.124. The van der Waals surface area contributed by atoms with Gasteiger partial charge < -0.3 is 5.32 Å². The van der Waals surface area contributed by atoms with Crippen molar-refractivity contribution in [1.82, 2.24) is 15.2 Å². The first kappa shape index (κ1) is 13.8. The number of hydrogen-bond donors (Lipinski definition) is 2. The molecule has 2 heterocycles. The summed E-state index contributed by atoms with van der Waals surface area (Å²) in [4.78, 5) is 17.4. The van der Waals surface area contributed by atoms with Crippen molar-refractivity contribution in [1.29, 1.82) is 0 Å². The summed E-state index contributed by atoms with van der Waals surface area (Å²) in [7, 11) is 0. The molecule has 5 nitrogen and oxygen atoms in total. The van der Waals surface area contributed by atoms with Crippen molar-refractivity contribution < 1.29 is 4.79 Å². The standard InChI is InChI=1S/C15H16N4OS/c1-15(2,3)13-12(21-8-16-13)14(20)18-10-5-4-9-7-17-19-11(9)6-10/h4-8H,1-3H3,(H,17,19)(H,18,20). The molecular weight excluding hydrogens is 284 g/mol. The molecule has 0 bridgehead atoms. The second-order valence-electron chi connectivity index (χ2n) is 5.91. The molecule has 1 amide bonds. The molecule has 108 valence electrons. The Labute approximate surface area is 126 Å². The van der Waals surface area contributed by atoms with Crippen LogP contribution in [0.25, 0.3) is 10.9 Å². The number of anilines is 1. The van der Waals surface area contributed by atoms with E-state index in [0.29, 0.717) is 4.88 Å². The van der Waals surface area contributed by atoms with Crippen LogP contribution in [0, 0.1) is 0 Å². The van der Waals surface area contributed by atoms with E-state index < -0.39 is 0 Å². The van der Waals surface area contributed by atoms with E-state index >= 15 is 0 Å². The van der Waals surface area contributed by atoms with Gasteiger partial charge in [-0.05, 0) is 18.2 Å². The van der Waals surface area contributed by atoms with Gasteiger partial charge in [0.2, 0.25) is 0 Å². The summed E-state index contributed by atoms with van der Waals surface area (Å²) in [6, 6.07) is 5.66. The molecule has 0 radical (unpaired) electrons. The molecule has 2 N–H and O–H groups in total. The number of carbonyl (C=O) groups is 1. The van der Waals surface area contributed by atoms with Crippen LogP contribution in [-0.2, 0) is 5.41 Å². The number of carbonyl (C=O) groups excluding carboxylic acids is 1. The minimum Gasteiger partial charge on any atom is -0.321 e. The lowest BCUT2D eigenvalue weighted by Gasteiger charge is -2.17. The largest absolute Gasteiger partial charge is 0.321 e. The van der Waals surface area contributed by atoms with Crippen molar-refractivity contribution in [2.45, 2.75) is 26.2 Å². The van der Waals surface area contributed by atoms with Gasteiger partial charge in [0.05, 0.1) is 22.9 Å². The van der Waals surface area contributed by atoms with Gasteiger partial charge in [0.15, 0.2) is 0 Å². The minimum atomic E-state index is -0.153. The summed E-state index contributed by atoms with van der Waals surface area (Å²) >= 11 is 1.37. The van der Waals surface area contributed by atoms with Crippen molar-refractivity contribution in [3.05, 3.63) is 40.5 Å². The first-order valence-electron chi connectivity index (χ1n) is 6.63. The summed E-state index contributed by atoms with van der Waals surface area (Å²) in [6.45, 7) is 6.15. The fraction of sp³-hybridized carbons (Fsp3) is 0.267. The van der Waals surface area contributed by atoms with Crippen molar-refractivity contribution in [2.75, 3.05) is 5.32 Å². The maximum Gasteiger partial charge on any atom is 0.267 e. The van der Waals surface area contributed by atoms with Crippen LogP contribution in [0.5, 0.6) is 0 Å². The molecule has 0 saturated carbocycles. The second-order valence-corrected chi connectivity index (χ2v) is 6.76. The van der Waals surface area contributed by atoms with E-state index in [4.69, 9.17) is 0 Å². The average Bonchev–Trinajstić information content (AvgIpc) is 3.06. The van der Waals surface area contributed by atoms with E-state index in [2.05, 4.69) is 41.3 Å². The summed E-state index contributed by atoms with van der Waals surface area (Å²) in [5, 5.41) is 10.8. The van der Waals surface area contributed by atoms with Gasteiger partial charge in [0.1, 0.15) is 4.88 Å². The van der Waals surface area contributed by atoms with E-state index in [1.54, 1.807) is 11.7 Å². The lowest BCUT2D eigenvalue weighted by Crippen LogP contribution is -2.19. The number of nitrogens with one attached hydrogen (secondary N) is 2. The number of aromatic amines is 1. The molecule has 0 aliphatic heterocycles. The van der Waals surface area contributed by atoms with E-state index in [1.165, 1.54) is 11.3 Å². The average molecular weight is 300 g/mol. The zero-order valence-corrected chi connectivity index (χ0v) is 12.9. The molecule has 0 aliphatic carbocycles. The third-order valence-corrected chi connectivity index (χ3v) is 4.01. The van der Waals surface area contributed by atoms with Crippen LogP contribution in [0.15, 0.2) is 29.9 Å². The highest BCUT2D eigenvalue weighted by molar-refractivity contribution is 7.12. The molecule has 3 rings (SSSR count). The highest BCUT2D eigenvalue weighted by Gasteiger charge is 2.24. The highest BCUT2D eigenvalue weighted by Crippen LogP contribution is 2.28. The lowest BCUT2D eigenvalue weighted by molar-refractivity contribution is 0.102. The molecule has 0 aliphatic rings. The molecule has 0 spiro atoms. The molecule has 0 atom stereocenters. The highest BCUT2D eigenvalue weighted by atomic mass is 32.1. The van der Waals surface area contributed by atoms with Crippen LogP contribution in [0.1, 0.15) is 36.1 Å². The van der Waals surface area contributed by atoms with E-state index in [-0.39, 0.29) is 11.3 Å². The van der Waals surface area contributed by atoms with Gasteiger partial charge in [0.25, 0.3) is 5.91 Å². The van der Waals surface area contributed by atoms with Crippen LogP contribution in [0.4, 0.5) is 5.69 Å². The van der Waals surface area contributed by atoms with Gasteiger partial charge in [-0.1, -0.05) is 20.8 Å². The SMILES string of the molecule is CC(C)(C)c1ncsc1C(=O)Nc1ccc2cn[nH]c2c1. The third-order valence-electron chi connectivity index (χ3n) is 3.18. The second kappa shape index (κ2) is 4.96. The van der Waals surface area contributed by atoms with E-state index in [0.717, 1.165) is 22.3 Å². The Morgan fingerprint density at radius 3 is 2.90 bits per heavy atom. The molecule has 3 aromatic rings. The lowest BCUT2D eigenvalue weighted by atomic mass is 9.91. The predicted molar refractivity (Wildman–Crippen MR) is 84.9 cm³/mol. The third kappa shape index (κ3) is 2.67. The maximum absolute atomic E-state index is 12.5. The van der Waals surface area contributed by atoms with Crippen molar-refractivity contribution >= 4 is 33.8 Å². The fourth-order valence-corrected chi connectivity index (χ4v) is 3.04. The fourth-order valence-electron chi connectivity index (χ4n) is 2.14. The molecule has 0 fully saturated rings. The number of amides is 1. The van der Waals surface area contributed by atoms with Gasteiger partial charge >= 0.3 is 0 Å². The van der Waals surface area contributed by atoms with Crippen molar-refractivity contribution in [2.24, 2.45) is 0 Å². The van der Waals surface area contributed by atoms with Gasteiger partial charge in [0, 0.05) is 16.5 Å². The van der Waals surface area contributed by atoms with Crippen molar-refractivity contribution in [3.8, 4) is 0 Å². The molecule has 0 unspecified atom stereocenters. The smallest absolute Gasteiger partial charge is 0.267 e. The topological polar surface area (TPSA) is 70.7 Å². The number of thiazole rings is 1. The van der Waals surface area contributed by atoms with Gasteiger partial charge in [-0.2, -0.15) is 5.10 Å². The van der Waals surface area contributed by atoms with Crippen LogP contribution >= 0.6 is 11.3 Å². The van der Waals surface area contributed by atoms with Crippen LogP contribution in [-0.4, -0.2) is 21.1 Å². The first-order valence-corrected chi connectivity index (χ1v) is 7.51. The van der Waals surface area contributed by atoms with E-state index in [1.807, 2.05) is 18.2 Å². The molecule has 21 heavy (non-hydrogen) atoms. The Hall–Kier alpha value is -2.21. The number of hydrogen-bond acceptors (Lipinski definition) is 4. The summed E-state index contributed by atoms with van der Waals surface area (Å²) in [5.41, 5.74) is 4.03. The molecule has 6 heteroatoms. The van der Waals surface area contributed by atoms with Crippen LogP contribution in [0.3, 0.4) is 0 Å². The summed E-state index contributed by atoms with van der Waals surface area (Å²) in [6.07, 6.45) is 1.75. The maximum atomic E-state index is 12.5. The Morgan fingerprint density at radius 1 is 1.33 bits per heavy atom. The Kier molecular flexibility index (Phi) is 3.25. The molecular formula is C15H16N4OS. The summed E-state index contributed by atoms with van der Waals surface area (Å²) < 4.78 is 0. The number of benzene rings is 1. The van der Waals surface area contributed by atoms with Crippen molar-refractivity contribution in [3.63, 3.8) is 0 Å². The van der Waals surface area contributed by atoms with Gasteiger partial charge in [-0.15, -0.1) is 11.3 Å². The quantitative estimate of drug-likeness (QED) is 0.760. The molecule has 1 aromatic carbocycles. The molecule has 0 saturated heterocycles. The normalized spacial score (nSPS) is 11.8. The Balaban J connectivity index is 1.88. The monoisotopic (exact) mass is 300 g/mol. The number of H-pyrrole nitrogens is 1. The van der Waals surface area contributed by atoms with Crippen LogP contribution < -0.4 is 5.32 Å². The predicted octanol–water partition coefficient (Wildman–Crippen LogP) is 3.57. The zero-order valence-electron chi connectivity index (χ0n) is 12.1. The van der Waals surface area contributed by atoms with Crippen LogP contribution in [0.2, 0.25) is 0 Å². The number of fused-ring (bicyclic) bond motifs is 1. The Morgan fingerprint density at radius 2 is 2.14 bits per heavy atom. The number of aromatic nitrogens is 3. The molecule has 2 aromatic heterocycles. The summed E-state index contributed by atoms with van der Waals surface area (Å²) in [5.74, 6) is -0.124. The van der Waals surface area contributed by atoms with Gasteiger partial charge in [-0.3, -0.25) is 9.89 Å².